The molecule has 0 fully saturated rings. The first-order valence-electron chi connectivity index (χ1n) is 5.12. The molecule has 1 rings (SSSR count). The van der Waals surface area contributed by atoms with Crippen molar-refractivity contribution in [1.82, 2.24) is 0 Å². The fraction of sp³-hybridized carbons (Fsp3) is 0.417. The van der Waals surface area contributed by atoms with E-state index in [1.165, 1.54) is 0 Å². The van der Waals surface area contributed by atoms with Crippen molar-refractivity contribution in [2.75, 3.05) is 13.2 Å². The molecule has 1 aromatic rings. The van der Waals surface area contributed by atoms with Gasteiger partial charge >= 0.3 is 5.97 Å². The molecule has 1 atom stereocenters. The van der Waals surface area contributed by atoms with E-state index in [1.807, 2.05) is 37.3 Å². The van der Waals surface area contributed by atoms with Crippen molar-refractivity contribution < 1.29 is 14.6 Å². The molecule has 0 aromatic heterocycles. The van der Waals surface area contributed by atoms with Crippen LogP contribution in [0.4, 0.5) is 0 Å². The van der Waals surface area contributed by atoms with Gasteiger partial charge in [-0.2, -0.15) is 0 Å². The molecule has 15 heavy (non-hydrogen) atoms. The Morgan fingerprint density at radius 3 is 2.60 bits per heavy atom. The molecule has 0 bridgehead atoms. The van der Waals surface area contributed by atoms with E-state index in [-0.39, 0.29) is 12.6 Å². The van der Waals surface area contributed by atoms with Crippen LogP contribution in [0.25, 0.3) is 0 Å². The number of aliphatic hydroxyl groups is 1. The zero-order valence-corrected chi connectivity index (χ0v) is 8.85. The summed E-state index contributed by atoms with van der Waals surface area (Å²) in [4.78, 5) is 11.6. The van der Waals surface area contributed by atoms with Gasteiger partial charge in [0.2, 0.25) is 0 Å². The summed E-state index contributed by atoms with van der Waals surface area (Å²) in [6.45, 7) is 2.12. The molecule has 3 nitrogen and oxygen atoms in total. The fourth-order valence-electron chi connectivity index (χ4n) is 1.30. The lowest BCUT2D eigenvalue weighted by molar-refractivity contribution is -0.146. The standard InChI is InChI=1S/C12H16O3/c1-2-8-15-12(14)11(9-13)10-6-4-3-5-7-10/h3-7,11,13H,2,8-9H2,1H3/t11-/m1/s1. The van der Waals surface area contributed by atoms with E-state index >= 15 is 0 Å². The van der Waals surface area contributed by atoms with Gasteiger partial charge in [-0.1, -0.05) is 37.3 Å². The zero-order valence-electron chi connectivity index (χ0n) is 8.85. The zero-order chi connectivity index (χ0) is 11.1. The SMILES string of the molecule is CCCOC(=O)[C@H](CO)c1ccccc1. The fourth-order valence-corrected chi connectivity index (χ4v) is 1.30. The Hall–Kier alpha value is -1.35. The third kappa shape index (κ3) is 3.36. The molecule has 0 heterocycles. The van der Waals surface area contributed by atoms with Crippen molar-refractivity contribution in [3.8, 4) is 0 Å². The quantitative estimate of drug-likeness (QED) is 0.749. The van der Waals surface area contributed by atoms with E-state index in [2.05, 4.69) is 0 Å². The van der Waals surface area contributed by atoms with Crippen LogP contribution in [0.3, 0.4) is 0 Å². The number of benzene rings is 1. The van der Waals surface area contributed by atoms with Crippen LogP contribution in [0.5, 0.6) is 0 Å². The number of carbonyl (C=O) groups is 1. The number of aliphatic hydroxyl groups excluding tert-OH is 1. The summed E-state index contributed by atoms with van der Waals surface area (Å²) in [5, 5.41) is 9.15. The third-order valence-electron chi connectivity index (χ3n) is 2.12. The average molecular weight is 208 g/mol. The maximum absolute atomic E-state index is 11.6. The van der Waals surface area contributed by atoms with Gasteiger partial charge in [0, 0.05) is 0 Å². The van der Waals surface area contributed by atoms with Crippen LogP contribution in [0.1, 0.15) is 24.8 Å². The highest BCUT2D eigenvalue weighted by Crippen LogP contribution is 2.16. The summed E-state index contributed by atoms with van der Waals surface area (Å²) in [7, 11) is 0. The van der Waals surface area contributed by atoms with Gasteiger partial charge in [0.25, 0.3) is 0 Å². The minimum Gasteiger partial charge on any atom is -0.465 e. The molecular formula is C12H16O3. The molecule has 0 aliphatic rings. The Morgan fingerprint density at radius 1 is 1.40 bits per heavy atom. The van der Waals surface area contributed by atoms with Gasteiger partial charge in [0.1, 0.15) is 5.92 Å². The highest BCUT2D eigenvalue weighted by Gasteiger charge is 2.20. The predicted molar refractivity (Wildman–Crippen MR) is 57.5 cm³/mol. The first-order chi connectivity index (χ1) is 7.29. The second kappa shape index (κ2) is 6.19. The van der Waals surface area contributed by atoms with Gasteiger partial charge in [-0.25, -0.2) is 0 Å². The molecular weight excluding hydrogens is 192 g/mol. The minimum absolute atomic E-state index is 0.216. The molecule has 0 amide bonds. The lowest BCUT2D eigenvalue weighted by Gasteiger charge is -2.13. The monoisotopic (exact) mass is 208 g/mol. The second-order valence-electron chi connectivity index (χ2n) is 3.31. The van der Waals surface area contributed by atoms with Crippen LogP contribution in [-0.2, 0) is 9.53 Å². The minimum atomic E-state index is -0.558. The summed E-state index contributed by atoms with van der Waals surface area (Å²) in [5.41, 5.74) is 0.793. The van der Waals surface area contributed by atoms with E-state index in [4.69, 9.17) is 9.84 Å². The molecule has 0 radical (unpaired) electrons. The summed E-state index contributed by atoms with van der Waals surface area (Å²) >= 11 is 0. The molecule has 0 saturated carbocycles. The van der Waals surface area contributed by atoms with Gasteiger partial charge in [-0.15, -0.1) is 0 Å². The summed E-state index contributed by atoms with van der Waals surface area (Å²) in [6.07, 6.45) is 0.790. The normalized spacial score (nSPS) is 12.1. The van der Waals surface area contributed by atoms with Crippen LogP contribution in [-0.4, -0.2) is 24.3 Å². The number of hydrogen-bond donors (Lipinski definition) is 1. The number of hydrogen-bond acceptors (Lipinski definition) is 3. The maximum Gasteiger partial charge on any atom is 0.315 e. The van der Waals surface area contributed by atoms with Crippen LogP contribution < -0.4 is 0 Å². The Morgan fingerprint density at radius 2 is 2.07 bits per heavy atom. The van der Waals surface area contributed by atoms with E-state index < -0.39 is 5.92 Å². The van der Waals surface area contributed by atoms with Gasteiger partial charge < -0.3 is 9.84 Å². The maximum atomic E-state index is 11.6. The lowest BCUT2D eigenvalue weighted by Crippen LogP contribution is -2.19. The van der Waals surface area contributed by atoms with Crippen LogP contribution in [0.2, 0.25) is 0 Å². The first-order valence-corrected chi connectivity index (χ1v) is 5.12. The second-order valence-corrected chi connectivity index (χ2v) is 3.31. The average Bonchev–Trinajstić information content (AvgIpc) is 2.29. The van der Waals surface area contributed by atoms with Crippen LogP contribution in [0.15, 0.2) is 30.3 Å². The Balaban J connectivity index is 2.67. The van der Waals surface area contributed by atoms with Gasteiger partial charge in [0.05, 0.1) is 13.2 Å². The summed E-state index contributed by atoms with van der Waals surface area (Å²) in [6, 6.07) is 9.17. The topological polar surface area (TPSA) is 46.5 Å². The highest BCUT2D eigenvalue weighted by molar-refractivity contribution is 5.78. The van der Waals surface area contributed by atoms with E-state index in [1.54, 1.807) is 0 Å². The summed E-state index contributed by atoms with van der Waals surface area (Å²) in [5.74, 6) is -0.914. The number of ether oxygens (including phenoxy) is 1. The number of rotatable bonds is 5. The summed E-state index contributed by atoms with van der Waals surface area (Å²) < 4.78 is 5.00. The molecule has 3 heteroatoms. The van der Waals surface area contributed by atoms with Gasteiger partial charge in [0.15, 0.2) is 0 Å². The molecule has 1 aromatic carbocycles. The smallest absolute Gasteiger partial charge is 0.315 e. The molecule has 0 aliphatic heterocycles. The van der Waals surface area contributed by atoms with Crippen LogP contribution in [0, 0.1) is 0 Å². The molecule has 0 aliphatic carbocycles. The van der Waals surface area contributed by atoms with Gasteiger partial charge in [-0.3, -0.25) is 4.79 Å². The van der Waals surface area contributed by atoms with E-state index in [0.29, 0.717) is 6.61 Å². The van der Waals surface area contributed by atoms with Crippen LogP contribution >= 0.6 is 0 Å². The van der Waals surface area contributed by atoms with Crippen molar-refractivity contribution in [3.05, 3.63) is 35.9 Å². The van der Waals surface area contributed by atoms with Crippen molar-refractivity contribution in [2.45, 2.75) is 19.3 Å². The molecule has 1 N–H and O–H groups in total. The Labute approximate surface area is 89.7 Å². The van der Waals surface area contributed by atoms with E-state index in [9.17, 15) is 4.79 Å². The molecule has 0 saturated heterocycles. The molecule has 0 unspecified atom stereocenters. The molecule has 0 spiro atoms. The van der Waals surface area contributed by atoms with Crippen molar-refractivity contribution in [3.63, 3.8) is 0 Å². The number of carbonyl (C=O) groups excluding carboxylic acids is 1. The highest BCUT2D eigenvalue weighted by atomic mass is 16.5. The largest absolute Gasteiger partial charge is 0.465 e. The van der Waals surface area contributed by atoms with Crippen molar-refractivity contribution >= 4 is 5.97 Å². The van der Waals surface area contributed by atoms with E-state index in [0.717, 1.165) is 12.0 Å². The van der Waals surface area contributed by atoms with Crippen molar-refractivity contribution in [2.24, 2.45) is 0 Å². The third-order valence-corrected chi connectivity index (χ3v) is 2.12. The number of esters is 1. The van der Waals surface area contributed by atoms with Crippen molar-refractivity contribution in [1.29, 1.82) is 0 Å². The predicted octanol–water partition coefficient (Wildman–Crippen LogP) is 1.72. The first kappa shape index (κ1) is 11.7. The Kier molecular flexibility index (Phi) is 4.84. The van der Waals surface area contributed by atoms with Gasteiger partial charge in [-0.05, 0) is 12.0 Å². The lowest BCUT2D eigenvalue weighted by atomic mass is 10.0. The Bertz CT molecular complexity index is 295. The molecule has 82 valence electrons.